The normalized spacial score (nSPS) is 22.3. The Hall–Kier alpha value is -1.30. The second-order valence-corrected chi connectivity index (χ2v) is 5.32. The summed E-state index contributed by atoms with van der Waals surface area (Å²) in [6.45, 7) is 2.27. The van der Waals surface area contributed by atoms with E-state index in [-0.39, 0.29) is 5.41 Å². The van der Waals surface area contributed by atoms with Crippen LogP contribution in [-0.4, -0.2) is 0 Å². The maximum absolute atomic E-state index is 2.41. The van der Waals surface area contributed by atoms with Crippen LogP contribution in [-0.2, 0) is 5.41 Å². The molecule has 0 heteroatoms. The molecule has 96 valence electrons. The molecule has 0 heterocycles. The molecule has 1 aromatic carbocycles. The summed E-state index contributed by atoms with van der Waals surface area (Å²) in [7, 11) is 0. The van der Waals surface area contributed by atoms with Crippen molar-refractivity contribution in [1.29, 1.82) is 0 Å². The second-order valence-electron chi connectivity index (χ2n) is 5.32. The van der Waals surface area contributed by atoms with Gasteiger partial charge in [0.05, 0.1) is 0 Å². The smallest absolute Gasteiger partial charge is 0.0169 e. The Morgan fingerprint density at radius 1 is 1.00 bits per heavy atom. The second kappa shape index (κ2) is 6.58. The van der Waals surface area contributed by atoms with E-state index in [0.717, 1.165) is 6.42 Å². The highest BCUT2D eigenvalue weighted by Gasteiger charge is 2.28. The van der Waals surface area contributed by atoms with Crippen LogP contribution in [0.2, 0.25) is 0 Å². The van der Waals surface area contributed by atoms with E-state index >= 15 is 0 Å². The summed E-state index contributed by atoms with van der Waals surface area (Å²) in [6.07, 6.45) is 16.9. The molecule has 1 aromatic rings. The standard InChI is InChI=1S/C18H24/c1-2-3-4-9-14-18(15-10-6-11-16-18)17-12-7-5-8-13-17/h5-8,10-13,15H,2-4,9,14,16H2,1H3. The number of benzene rings is 1. The Labute approximate surface area is 111 Å². The van der Waals surface area contributed by atoms with Gasteiger partial charge < -0.3 is 0 Å². The fourth-order valence-electron chi connectivity index (χ4n) is 2.85. The highest BCUT2D eigenvalue weighted by molar-refractivity contribution is 5.35. The van der Waals surface area contributed by atoms with Gasteiger partial charge >= 0.3 is 0 Å². The van der Waals surface area contributed by atoms with Crippen LogP contribution in [0.5, 0.6) is 0 Å². The van der Waals surface area contributed by atoms with E-state index in [0.29, 0.717) is 0 Å². The molecule has 0 amide bonds. The van der Waals surface area contributed by atoms with Crippen molar-refractivity contribution < 1.29 is 0 Å². The largest absolute Gasteiger partial charge is 0.0833 e. The Bertz CT molecular complexity index is 399. The van der Waals surface area contributed by atoms with Gasteiger partial charge in [0, 0.05) is 5.41 Å². The number of rotatable bonds is 6. The summed E-state index contributed by atoms with van der Waals surface area (Å²) in [6, 6.07) is 11.0. The average Bonchev–Trinajstić information content (AvgIpc) is 2.46. The van der Waals surface area contributed by atoms with Crippen molar-refractivity contribution in [3.8, 4) is 0 Å². The van der Waals surface area contributed by atoms with Crippen LogP contribution in [0, 0.1) is 0 Å². The Morgan fingerprint density at radius 2 is 1.83 bits per heavy atom. The molecule has 0 saturated heterocycles. The molecular formula is C18H24. The van der Waals surface area contributed by atoms with Crippen LogP contribution < -0.4 is 0 Å². The van der Waals surface area contributed by atoms with Crippen LogP contribution in [0.1, 0.15) is 51.0 Å². The molecule has 0 saturated carbocycles. The van der Waals surface area contributed by atoms with Gasteiger partial charge in [0.2, 0.25) is 0 Å². The maximum atomic E-state index is 2.41. The summed E-state index contributed by atoms with van der Waals surface area (Å²) < 4.78 is 0. The monoisotopic (exact) mass is 240 g/mol. The molecule has 1 unspecified atom stereocenters. The molecule has 1 atom stereocenters. The van der Waals surface area contributed by atoms with Gasteiger partial charge in [-0.25, -0.2) is 0 Å². The third-order valence-corrected chi connectivity index (χ3v) is 3.97. The summed E-state index contributed by atoms with van der Waals surface area (Å²) >= 11 is 0. The van der Waals surface area contributed by atoms with Crippen molar-refractivity contribution in [3.05, 3.63) is 60.2 Å². The van der Waals surface area contributed by atoms with E-state index in [1.165, 1.54) is 37.7 Å². The number of hydrogen-bond acceptors (Lipinski definition) is 0. The number of allylic oxidation sites excluding steroid dienone is 4. The maximum Gasteiger partial charge on any atom is 0.0169 e. The Kier molecular flexibility index (Phi) is 4.81. The first-order valence-electron chi connectivity index (χ1n) is 7.27. The quantitative estimate of drug-likeness (QED) is 0.583. The number of hydrogen-bond donors (Lipinski definition) is 0. The molecular weight excluding hydrogens is 216 g/mol. The third-order valence-electron chi connectivity index (χ3n) is 3.97. The zero-order valence-corrected chi connectivity index (χ0v) is 11.4. The van der Waals surface area contributed by atoms with Crippen molar-refractivity contribution in [2.75, 3.05) is 0 Å². The van der Waals surface area contributed by atoms with Crippen LogP contribution in [0.15, 0.2) is 54.6 Å². The molecule has 0 N–H and O–H groups in total. The van der Waals surface area contributed by atoms with Gasteiger partial charge in [-0.2, -0.15) is 0 Å². The predicted molar refractivity (Wildman–Crippen MR) is 79.8 cm³/mol. The molecule has 1 aliphatic carbocycles. The highest BCUT2D eigenvalue weighted by Crippen LogP contribution is 2.37. The third kappa shape index (κ3) is 3.13. The first kappa shape index (κ1) is 13.1. The summed E-state index contributed by atoms with van der Waals surface area (Å²) in [5.74, 6) is 0. The fourth-order valence-corrected chi connectivity index (χ4v) is 2.85. The molecule has 0 bridgehead atoms. The topological polar surface area (TPSA) is 0 Å². The summed E-state index contributed by atoms with van der Waals surface area (Å²) in [5, 5.41) is 0. The lowest BCUT2D eigenvalue weighted by Crippen LogP contribution is -2.24. The van der Waals surface area contributed by atoms with Crippen LogP contribution >= 0.6 is 0 Å². The SMILES string of the molecule is CCCCCCC1(c2ccccc2)C=CC=CC1. The molecule has 18 heavy (non-hydrogen) atoms. The van der Waals surface area contributed by atoms with E-state index < -0.39 is 0 Å². The van der Waals surface area contributed by atoms with Crippen molar-refractivity contribution in [2.45, 2.75) is 50.9 Å². The van der Waals surface area contributed by atoms with Crippen LogP contribution in [0.4, 0.5) is 0 Å². The average molecular weight is 240 g/mol. The minimum absolute atomic E-state index is 0.254. The molecule has 0 nitrogen and oxygen atoms in total. The van der Waals surface area contributed by atoms with Gasteiger partial charge in [-0.15, -0.1) is 0 Å². The van der Waals surface area contributed by atoms with E-state index in [9.17, 15) is 0 Å². The molecule has 0 radical (unpaired) electrons. The predicted octanol–water partition coefficient (Wildman–Crippen LogP) is 5.41. The molecule has 0 fully saturated rings. The highest BCUT2D eigenvalue weighted by atomic mass is 14.3. The molecule has 2 rings (SSSR count). The first-order valence-corrected chi connectivity index (χ1v) is 7.27. The van der Waals surface area contributed by atoms with Crippen LogP contribution in [0.3, 0.4) is 0 Å². The molecule has 0 spiro atoms. The number of unbranched alkanes of at least 4 members (excludes halogenated alkanes) is 3. The molecule has 0 aromatic heterocycles. The van der Waals surface area contributed by atoms with Crippen LogP contribution in [0.25, 0.3) is 0 Å². The Morgan fingerprint density at radius 3 is 2.50 bits per heavy atom. The van der Waals surface area contributed by atoms with Gasteiger partial charge in [-0.05, 0) is 18.4 Å². The van der Waals surface area contributed by atoms with Crippen molar-refractivity contribution >= 4 is 0 Å². The lowest BCUT2D eigenvalue weighted by molar-refractivity contribution is 0.457. The lowest BCUT2D eigenvalue weighted by Gasteiger charge is -2.32. The minimum Gasteiger partial charge on any atom is -0.0833 e. The zero-order chi connectivity index (χ0) is 12.7. The lowest BCUT2D eigenvalue weighted by atomic mass is 9.72. The van der Waals surface area contributed by atoms with E-state index in [1.807, 2.05) is 0 Å². The van der Waals surface area contributed by atoms with E-state index in [2.05, 4.69) is 61.6 Å². The zero-order valence-electron chi connectivity index (χ0n) is 11.4. The minimum atomic E-state index is 0.254. The Balaban J connectivity index is 2.09. The first-order chi connectivity index (χ1) is 8.87. The fraction of sp³-hybridized carbons (Fsp3) is 0.444. The van der Waals surface area contributed by atoms with Gasteiger partial charge in [0.25, 0.3) is 0 Å². The van der Waals surface area contributed by atoms with Crippen molar-refractivity contribution in [2.24, 2.45) is 0 Å². The molecule has 0 aliphatic heterocycles. The summed E-state index contributed by atoms with van der Waals surface area (Å²) in [4.78, 5) is 0. The van der Waals surface area contributed by atoms with Gasteiger partial charge in [0.15, 0.2) is 0 Å². The molecule has 1 aliphatic rings. The van der Waals surface area contributed by atoms with Crippen molar-refractivity contribution in [1.82, 2.24) is 0 Å². The summed E-state index contributed by atoms with van der Waals surface area (Å²) in [5.41, 5.74) is 1.73. The van der Waals surface area contributed by atoms with Gasteiger partial charge in [-0.3, -0.25) is 0 Å². The van der Waals surface area contributed by atoms with Gasteiger partial charge in [0.1, 0.15) is 0 Å². The van der Waals surface area contributed by atoms with Gasteiger partial charge in [-0.1, -0.05) is 87.2 Å². The van der Waals surface area contributed by atoms with E-state index in [4.69, 9.17) is 0 Å². The van der Waals surface area contributed by atoms with Crippen molar-refractivity contribution in [3.63, 3.8) is 0 Å². The van der Waals surface area contributed by atoms with E-state index in [1.54, 1.807) is 0 Å².